The Labute approximate surface area is 169 Å². The van der Waals surface area contributed by atoms with Gasteiger partial charge in [-0.1, -0.05) is 43.3 Å². The first kappa shape index (κ1) is 20.0. The number of hydrogen-bond acceptors (Lipinski definition) is 5. The number of anilines is 1. The molecule has 3 rings (SSSR count). The summed E-state index contributed by atoms with van der Waals surface area (Å²) in [4.78, 5) is 14.5. The summed E-state index contributed by atoms with van der Waals surface area (Å²) in [5.41, 5.74) is 0.910. The lowest BCUT2D eigenvalue weighted by molar-refractivity contribution is -0.119. The number of rotatable bonds is 7. The van der Waals surface area contributed by atoms with Crippen LogP contribution in [0.2, 0.25) is 5.02 Å². The first-order valence-corrected chi connectivity index (χ1v) is 10.7. The van der Waals surface area contributed by atoms with Gasteiger partial charge < -0.3 is 10.2 Å². The minimum absolute atomic E-state index is 0.00423. The monoisotopic (exact) mass is 407 g/mol. The van der Waals surface area contributed by atoms with E-state index in [1.54, 1.807) is 0 Å². The zero-order chi connectivity index (χ0) is 19.4. The molecule has 2 heterocycles. The molecule has 1 amide bonds. The number of thioether (sulfide) groups is 1. The fraction of sp³-hybridized carbons (Fsp3) is 0.526. The zero-order valence-corrected chi connectivity index (χ0v) is 17.6. The van der Waals surface area contributed by atoms with Gasteiger partial charge in [0.15, 0.2) is 5.16 Å². The maximum atomic E-state index is 12.3. The van der Waals surface area contributed by atoms with Crippen molar-refractivity contribution < 1.29 is 4.79 Å². The minimum atomic E-state index is 0.00423. The number of nitrogens with one attached hydrogen (secondary N) is 1. The molecule has 27 heavy (non-hydrogen) atoms. The third-order valence-electron chi connectivity index (χ3n) is 4.79. The fourth-order valence-corrected chi connectivity index (χ4v) is 3.85. The number of hydrogen-bond donors (Lipinski definition) is 1. The molecule has 1 saturated heterocycles. The minimum Gasteiger partial charge on any atom is -0.353 e. The van der Waals surface area contributed by atoms with E-state index in [2.05, 4.69) is 34.3 Å². The van der Waals surface area contributed by atoms with E-state index in [0.29, 0.717) is 21.8 Å². The van der Waals surface area contributed by atoms with Crippen molar-refractivity contribution >= 4 is 35.2 Å². The molecule has 1 atom stereocenters. The predicted molar refractivity (Wildman–Crippen MR) is 111 cm³/mol. The molecule has 0 spiro atoms. The zero-order valence-electron chi connectivity index (χ0n) is 16.0. The van der Waals surface area contributed by atoms with Crippen molar-refractivity contribution in [3.8, 4) is 5.69 Å². The number of benzene rings is 1. The van der Waals surface area contributed by atoms with Crippen LogP contribution in [0.25, 0.3) is 5.69 Å². The van der Waals surface area contributed by atoms with Crippen LogP contribution < -0.4 is 10.2 Å². The number of carbonyl (C=O) groups is 1. The Bertz CT molecular complexity index is 788. The lowest BCUT2D eigenvalue weighted by Gasteiger charge is -2.19. The highest BCUT2D eigenvalue weighted by Crippen LogP contribution is 2.29. The van der Waals surface area contributed by atoms with Gasteiger partial charge in [0.1, 0.15) is 0 Å². The second-order valence-corrected chi connectivity index (χ2v) is 8.56. The Morgan fingerprint density at radius 3 is 2.67 bits per heavy atom. The summed E-state index contributed by atoms with van der Waals surface area (Å²) < 4.78 is 2.00. The average molecular weight is 408 g/mol. The summed E-state index contributed by atoms with van der Waals surface area (Å²) in [6.07, 6.45) is 2.31. The van der Waals surface area contributed by atoms with E-state index in [1.807, 2.05) is 35.8 Å². The van der Waals surface area contributed by atoms with Gasteiger partial charge in [0.25, 0.3) is 0 Å². The van der Waals surface area contributed by atoms with Crippen molar-refractivity contribution in [1.82, 2.24) is 20.1 Å². The van der Waals surface area contributed by atoms with Crippen molar-refractivity contribution in [3.63, 3.8) is 0 Å². The van der Waals surface area contributed by atoms with E-state index in [4.69, 9.17) is 11.6 Å². The van der Waals surface area contributed by atoms with Crippen LogP contribution in [0, 0.1) is 5.92 Å². The van der Waals surface area contributed by atoms with Gasteiger partial charge in [-0.2, -0.15) is 0 Å². The van der Waals surface area contributed by atoms with Gasteiger partial charge in [-0.05, 0) is 43.9 Å². The molecule has 1 N–H and O–H groups in total. The van der Waals surface area contributed by atoms with Gasteiger partial charge in [0, 0.05) is 24.2 Å². The molecule has 146 valence electrons. The van der Waals surface area contributed by atoms with Crippen LogP contribution in [0.3, 0.4) is 0 Å². The van der Waals surface area contributed by atoms with Crippen LogP contribution in [0.4, 0.5) is 5.95 Å². The van der Waals surface area contributed by atoms with E-state index >= 15 is 0 Å². The molecule has 1 aromatic carbocycles. The standard InChI is InChI=1S/C19H26ClN5OS/c1-13(2)14(3)21-17(26)12-27-19-23-22-18(24-9-4-5-10-24)25(19)16-8-6-7-15(20)11-16/h6-8,11,13-14H,4-5,9-10,12H2,1-3H3,(H,21,26). The van der Waals surface area contributed by atoms with Crippen LogP contribution in [-0.2, 0) is 4.79 Å². The van der Waals surface area contributed by atoms with E-state index in [0.717, 1.165) is 37.6 Å². The van der Waals surface area contributed by atoms with E-state index < -0.39 is 0 Å². The van der Waals surface area contributed by atoms with E-state index in [1.165, 1.54) is 11.8 Å². The maximum Gasteiger partial charge on any atom is 0.232 e. The number of nitrogens with zero attached hydrogens (tertiary/aromatic N) is 4. The van der Waals surface area contributed by atoms with Gasteiger partial charge in [0.2, 0.25) is 11.9 Å². The smallest absolute Gasteiger partial charge is 0.232 e. The van der Waals surface area contributed by atoms with Crippen molar-refractivity contribution in [2.75, 3.05) is 23.7 Å². The van der Waals surface area contributed by atoms with Gasteiger partial charge in [-0.3, -0.25) is 9.36 Å². The summed E-state index contributed by atoms with van der Waals surface area (Å²) in [6, 6.07) is 7.79. The van der Waals surface area contributed by atoms with Gasteiger partial charge in [-0.15, -0.1) is 10.2 Å². The Morgan fingerprint density at radius 2 is 2.00 bits per heavy atom. The fourth-order valence-electron chi connectivity index (χ4n) is 2.91. The Morgan fingerprint density at radius 1 is 1.26 bits per heavy atom. The summed E-state index contributed by atoms with van der Waals surface area (Å²) in [5, 5.41) is 13.2. The molecular formula is C19H26ClN5OS. The van der Waals surface area contributed by atoms with Gasteiger partial charge in [0.05, 0.1) is 11.4 Å². The van der Waals surface area contributed by atoms with Crippen LogP contribution in [0.15, 0.2) is 29.4 Å². The Hall–Kier alpha value is -1.73. The van der Waals surface area contributed by atoms with Crippen LogP contribution in [0.1, 0.15) is 33.6 Å². The Kier molecular flexibility index (Phi) is 6.65. The largest absolute Gasteiger partial charge is 0.353 e. The molecule has 0 aliphatic carbocycles. The van der Waals surface area contributed by atoms with Crippen LogP contribution in [0.5, 0.6) is 0 Å². The molecule has 1 aromatic heterocycles. The molecule has 1 aliphatic rings. The first-order valence-electron chi connectivity index (χ1n) is 9.34. The molecule has 1 aliphatic heterocycles. The van der Waals surface area contributed by atoms with Crippen molar-refractivity contribution in [2.24, 2.45) is 5.92 Å². The highest BCUT2D eigenvalue weighted by atomic mass is 35.5. The van der Waals surface area contributed by atoms with Crippen molar-refractivity contribution in [2.45, 2.75) is 44.8 Å². The summed E-state index contributed by atoms with van der Waals surface area (Å²) in [6.45, 7) is 8.14. The number of amides is 1. The second kappa shape index (κ2) is 8.97. The third-order valence-corrected chi connectivity index (χ3v) is 5.96. The van der Waals surface area contributed by atoms with Gasteiger partial charge >= 0.3 is 0 Å². The molecule has 0 bridgehead atoms. The maximum absolute atomic E-state index is 12.3. The summed E-state index contributed by atoms with van der Waals surface area (Å²) in [5.74, 6) is 1.52. The molecule has 1 unspecified atom stereocenters. The summed E-state index contributed by atoms with van der Waals surface area (Å²) in [7, 11) is 0. The van der Waals surface area contributed by atoms with Crippen molar-refractivity contribution in [3.05, 3.63) is 29.3 Å². The number of aromatic nitrogens is 3. The lowest BCUT2D eigenvalue weighted by Crippen LogP contribution is -2.37. The van der Waals surface area contributed by atoms with Crippen molar-refractivity contribution in [1.29, 1.82) is 0 Å². The topological polar surface area (TPSA) is 63.1 Å². The molecular weight excluding hydrogens is 382 g/mol. The van der Waals surface area contributed by atoms with Crippen LogP contribution in [-0.4, -0.2) is 45.6 Å². The number of carbonyl (C=O) groups excluding carboxylic acids is 1. The number of halogens is 1. The van der Waals surface area contributed by atoms with Gasteiger partial charge in [-0.25, -0.2) is 0 Å². The summed E-state index contributed by atoms with van der Waals surface area (Å²) >= 11 is 7.60. The lowest BCUT2D eigenvalue weighted by atomic mass is 10.1. The highest BCUT2D eigenvalue weighted by Gasteiger charge is 2.23. The molecule has 0 saturated carbocycles. The molecule has 2 aromatic rings. The van der Waals surface area contributed by atoms with E-state index in [9.17, 15) is 4.79 Å². The molecule has 1 fully saturated rings. The van der Waals surface area contributed by atoms with Crippen LogP contribution >= 0.6 is 23.4 Å². The predicted octanol–water partition coefficient (Wildman–Crippen LogP) is 3.77. The van der Waals surface area contributed by atoms with E-state index in [-0.39, 0.29) is 11.9 Å². The average Bonchev–Trinajstić information content (AvgIpc) is 3.29. The quantitative estimate of drug-likeness (QED) is 0.708. The molecule has 0 radical (unpaired) electrons. The first-order chi connectivity index (χ1) is 13.0. The Balaban J connectivity index is 1.81. The molecule has 8 heteroatoms. The second-order valence-electron chi connectivity index (χ2n) is 7.18. The normalized spacial score (nSPS) is 15.4. The third kappa shape index (κ3) is 4.96. The highest BCUT2D eigenvalue weighted by molar-refractivity contribution is 7.99. The SMILES string of the molecule is CC(C)C(C)NC(=O)CSc1nnc(N2CCCC2)n1-c1cccc(Cl)c1. The molecule has 6 nitrogen and oxygen atoms in total.